The first-order chi connectivity index (χ1) is 10.6. The first kappa shape index (κ1) is 15.2. The van der Waals surface area contributed by atoms with E-state index in [1.807, 2.05) is 36.4 Å². The Kier molecular flexibility index (Phi) is 4.55. The molecule has 3 rings (SSSR count). The molecule has 0 saturated heterocycles. The molecule has 0 saturated carbocycles. The number of carbonyl (C=O) groups excluding carboxylic acids is 1. The number of carbonyl (C=O) groups is 1. The minimum absolute atomic E-state index is 0.0365. The molecule has 2 aromatic rings. The molecule has 1 N–H and O–H groups in total. The summed E-state index contributed by atoms with van der Waals surface area (Å²) in [6.45, 7) is 0.792. The van der Waals surface area contributed by atoms with Crippen LogP contribution in [0.2, 0.25) is 10.0 Å². The molecular weight excluding hydrogens is 321 g/mol. The van der Waals surface area contributed by atoms with Crippen LogP contribution in [0.15, 0.2) is 42.5 Å². The van der Waals surface area contributed by atoms with Crippen molar-refractivity contribution in [3.05, 3.63) is 63.6 Å². The van der Waals surface area contributed by atoms with Gasteiger partial charge in [0.05, 0.1) is 5.92 Å². The van der Waals surface area contributed by atoms with Gasteiger partial charge in [0.1, 0.15) is 12.4 Å². The summed E-state index contributed by atoms with van der Waals surface area (Å²) < 4.78 is 5.64. The van der Waals surface area contributed by atoms with E-state index >= 15 is 0 Å². The second kappa shape index (κ2) is 6.59. The van der Waals surface area contributed by atoms with Gasteiger partial charge in [-0.25, -0.2) is 0 Å². The number of hydrogen-bond donors (Lipinski definition) is 1. The molecule has 1 aliphatic heterocycles. The summed E-state index contributed by atoms with van der Waals surface area (Å²) in [5, 5.41) is 4.22. The lowest BCUT2D eigenvalue weighted by molar-refractivity contribution is -0.126. The highest BCUT2D eigenvalue weighted by Crippen LogP contribution is 2.29. The van der Waals surface area contributed by atoms with E-state index in [9.17, 15) is 4.79 Å². The van der Waals surface area contributed by atoms with Crippen LogP contribution in [0, 0.1) is 5.92 Å². The average molecular weight is 336 g/mol. The van der Waals surface area contributed by atoms with Crippen LogP contribution < -0.4 is 10.1 Å². The van der Waals surface area contributed by atoms with Crippen molar-refractivity contribution >= 4 is 29.1 Å². The number of hydrogen-bond acceptors (Lipinski definition) is 2. The molecular formula is C17H15Cl2NO2. The predicted molar refractivity (Wildman–Crippen MR) is 87.4 cm³/mol. The maximum absolute atomic E-state index is 12.3. The zero-order valence-electron chi connectivity index (χ0n) is 11.8. The quantitative estimate of drug-likeness (QED) is 0.924. The van der Waals surface area contributed by atoms with E-state index in [0.29, 0.717) is 29.6 Å². The lowest BCUT2D eigenvalue weighted by atomic mass is 9.96. The monoisotopic (exact) mass is 335 g/mol. The summed E-state index contributed by atoms with van der Waals surface area (Å²) in [5.74, 6) is 0.554. The van der Waals surface area contributed by atoms with Crippen LogP contribution in [0.4, 0.5) is 0 Å². The van der Waals surface area contributed by atoms with Gasteiger partial charge in [0.15, 0.2) is 0 Å². The van der Waals surface area contributed by atoms with Gasteiger partial charge in [-0.15, -0.1) is 0 Å². The van der Waals surface area contributed by atoms with E-state index < -0.39 is 0 Å². The van der Waals surface area contributed by atoms with Crippen LogP contribution in [-0.4, -0.2) is 12.5 Å². The lowest BCUT2D eigenvalue weighted by Crippen LogP contribution is -2.37. The van der Waals surface area contributed by atoms with Gasteiger partial charge < -0.3 is 10.1 Å². The van der Waals surface area contributed by atoms with Crippen molar-refractivity contribution < 1.29 is 9.53 Å². The molecule has 3 nitrogen and oxygen atoms in total. The summed E-state index contributed by atoms with van der Waals surface area (Å²) in [4.78, 5) is 12.3. The van der Waals surface area contributed by atoms with E-state index in [4.69, 9.17) is 27.9 Å². The number of nitrogens with one attached hydrogen (secondary N) is 1. The molecule has 0 aromatic heterocycles. The highest BCUT2D eigenvalue weighted by atomic mass is 35.5. The van der Waals surface area contributed by atoms with Gasteiger partial charge in [0.25, 0.3) is 0 Å². The van der Waals surface area contributed by atoms with Crippen LogP contribution >= 0.6 is 23.2 Å². The largest absolute Gasteiger partial charge is 0.492 e. The van der Waals surface area contributed by atoms with Gasteiger partial charge in [-0.1, -0.05) is 41.4 Å². The van der Waals surface area contributed by atoms with Gasteiger partial charge in [-0.3, -0.25) is 4.79 Å². The van der Waals surface area contributed by atoms with E-state index in [2.05, 4.69) is 5.32 Å². The predicted octanol–water partition coefficient (Wildman–Crippen LogP) is 3.86. The van der Waals surface area contributed by atoms with Crippen molar-refractivity contribution in [2.45, 2.75) is 13.0 Å². The first-order valence-corrected chi connectivity index (χ1v) is 7.81. The normalized spacial score (nSPS) is 16.5. The molecule has 0 bridgehead atoms. The molecule has 2 aromatic carbocycles. The molecule has 0 spiro atoms. The Balaban J connectivity index is 1.63. The molecule has 1 atom stereocenters. The molecule has 1 heterocycles. The molecule has 1 unspecified atom stereocenters. The summed E-state index contributed by atoms with van der Waals surface area (Å²) >= 11 is 12.1. The third-order valence-electron chi connectivity index (χ3n) is 3.71. The maximum atomic E-state index is 12.3. The van der Waals surface area contributed by atoms with Crippen molar-refractivity contribution in [1.82, 2.24) is 5.32 Å². The van der Waals surface area contributed by atoms with Crippen LogP contribution in [-0.2, 0) is 17.8 Å². The third-order valence-corrected chi connectivity index (χ3v) is 4.31. The smallest absolute Gasteiger partial charge is 0.227 e. The molecule has 0 fully saturated rings. The van der Waals surface area contributed by atoms with Gasteiger partial charge in [-0.2, -0.15) is 0 Å². The standard InChI is InChI=1S/C17H15Cl2NO2/c18-14-5-6-16-12(8-14)7-13(10-22-16)17(21)20-9-11-3-1-2-4-15(11)19/h1-6,8,13H,7,9-10H2,(H,20,21). The van der Waals surface area contributed by atoms with Gasteiger partial charge >= 0.3 is 0 Å². The molecule has 0 aliphatic carbocycles. The minimum atomic E-state index is -0.214. The minimum Gasteiger partial charge on any atom is -0.492 e. The van der Waals surface area contributed by atoms with Crippen LogP contribution in [0.5, 0.6) is 5.75 Å². The Morgan fingerprint density at radius 1 is 1.23 bits per heavy atom. The molecule has 114 valence electrons. The Morgan fingerprint density at radius 2 is 2.05 bits per heavy atom. The van der Waals surface area contributed by atoms with Crippen LogP contribution in [0.25, 0.3) is 0 Å². The van der Waals surface area contributed by atoms with Crippen molar-refractivity contribution in [2.24, 2.45) is 5.92 Å². The second-order valence-electron chi connectivity index (χ2n) is 5.27. The average Bonchev–Trinajstić information content (AvgIpc) is 2.53. The number of halogens is 2. The van der Waals surface area contributed by atoms with E-state index in [1.54, 1.807) is 6.07 Å². The summed E-state index contributed by atoms with van der Waals surface area (Å²) in [7, 11) is 0. The van der Waals surface area contributed by atoms with Crippen LogP contribution in [0.3, 0.4) is 0 Å². The Morgan fingerprint density at radius 3 is 2.86 bits per heavy atom. The fourth-order valence-electron chi connectivity index (χ4n) is 2.50. The lowest BCUT2D eigenvalue weighted by Gasteiger charge is -2.24. The molecule has 1 aliphatic rings. The van der Waals surface area contributed by atoms with E-state index in [1.165, 1.54) is 0 Å². The Bertz CT molecular complexity index is 703. The fourth-order valence-corrected chi connectivity index (χ4v) is 2.90. The van der Waals surface area contributed by atoms with Crippen molar-refractivity contribution in [2.75, 3.05) is 6.61 Å². The molecule has 0 radical (unpaired) electrons. The van der Waals surface area contributed by atoms with Crippen LogP contribution in [0.1, 0.15) is 11.1 Å². The highest BCUT2D eigenvalue weighted by Gasteiger charge is 2.26. The highest BCUT2D eigenvalue weighted by molar-refractivity contribution is 6.31. The van der Waals surface area contributed by atoms with Crippen molar-refractivity contribution in [3.63, 3.8) is 0 Å². The topological polar surface area (TPSA) is 38.3 Å². The number of ether oxygens (including phenoxy) is 1. The van der Waals surface area contributed by atoms with Gasteiger partial charge in [0, 0.05) is 16.6 Å². The van der Waals surface area contributed by atoms with Gasteiger partial charge in [0.2, 0.25) is 5.91 Å². The Labute approximate surface area is 139 Å². The van der Waals surface area contributed by atoms with Gasteiger partial charge in [-0.05, 0) is 41.8 Å². The van der Waals surface area contributed by atoms with Crippen molar-refractivity contribution in [3.8, 4) is 5.75 Å². The number of fused-ring (bicyclic) bond motifs is 1. The first-order valence-electron chi connectivity index (χ1n) is 7.06. The zero-order valence-corrected chi connectivity index (χ0v) is 13.3. The number of benzene rings is 2. The third kappa shape index (κ3) is 3.37. The summed E-state index contributed by atoms with van der Waals surface area (Å²) in [5.41, 5.74) is 1.87. The van der Waals surface area contributed by atoms with Crippen molar-refractivity contribution in [1.29, 1.82) is 0 Å². The fraction of sp³-hybridized carbons (Fsp3) is 0.235. The second-order valence-corrected chi connectivity index (χ2v) is 6.12. The maximum Gasteiger partial charge on any atom is 0.227 e. The SMILES string of the molecule is O=C(NCc1ccccc1Cl)C1COc2ccc(Cl)cc2C1. The number of rotatable bonds is 3. The molecule has 5 heteroatoms. The zero-order chi connectivity index (χ0) is 15.5. The van der Waals surface area contributed by atoms with E-state index in [-0.39, 0.29) is 11.8 Å². The Hall–Kier alpha value is -1.71. The molecule has 22 heavy (non-hydrogen) atoms. The summed E-state index contributed by atoms with van der Waals surface area (Å²) in [6.07, 6.45) is 0.629. The van der Waals surface area contributed by atoms with E-state index in [0.717, 1.165) is 16.9 Å². The molecule has 1 amide bonds. The number of amides is 1. The summed E-state index contributed by atoms with van der Waals surface area (Å²) in [6, 6.07) is 13.0.